The summed E-state index contributed by atoms with van der Waals surface area (Å²) in [6.07, 6.45) is -0.180. The zero-order valence-electron chi connectivity index (χ0n) is 14.2. The summed E-state index contributed by atoms with van der Waals surface area (Å²) in [7, 11) is 1.42. The minimum atomic E-state index is -1.45. The first-order valence-corrected chi connectivity index (χ1v) is 7.86. The lowest BCUT2D eigenvalue weighted by atomic mass is 10.0. The molecule has 2 aromatic carbocycles. The summed E-state index contributed by atoms with van der Waals surface area (Å²) in [5.74, 6) is -1.47. The van der Waals surface area contributed by atoms with Crippen molar-refractivity contribution in [3.05, 3.63) is 65.7 Å². The number of carboxylic acids is 1. The number of methoxy groups -OCH3 is 1. The van der Waals surface area contributed by atoms with Crippen molar-refractivity contribution in [3.63, 3.8) is 0 Å². The Morgan fingerprint density at radius 2 is 1.77 bits per heavy atom. The van der Waals surface area contributed by atoms with E-state index < -0.39 is 24.2 Å². The predicted octanol–water partition coefficient (Wildman–Crippen LogP) is 2.31. The molecule has 0 heterocycles. The van der Waals surface area contributed by atoms with Crippen LogP contribution in [0.4, 0.5) is 0 Å². The predicted molar refractivity (Wildman–Crippen MR) is 92.5 cm³/mol. The molecule has 0 aliphatic carbocycles. The largest absolute Gasteiger partial charge is 0.496 e. The first-order chi connectivity index (χ1) is 12.6. The third-order valence-electron chi connectivity index (χ3n) is 3.71. The van der Waals surface area contributed by atoms with Crippen molar-refractivity contribution < 1.29 is 29.1 Å². The molecule has 1 amide bonds. The smallest absolute Gasteiger partial charge is 0.329 e. The normalized spacial score (nSPS) is 11.4. The Kier molecular flexibility index (Phi) is 6.87. The zero-order chi connectivity index (χ0) is 18.9. The maximum Gasteiger partial charge on any atom is 0.329 e. The van der Waals surface area contributed by atoms with E-state index >= 15 is 0 Å². The summed E-state index contributed by atoms with van der Waals surface area (Å²) < 4.78 is 5.12. The van der Waals surface area contributed by atoms with E-state index in [9.17, 15) is 19.5 Å². The van der Waals surface area contributed by atoms with Crippen LogP contribution in [0, 0.1) is 0 Å². The van der Waals surface area contributed by atoms with Crippen molar-refractivity contribution in [3.8, 4) is 5.75 Å². The van der Waals surface area contributed by atoms with E-state index in [1.54, 1.807) is 42.5 Å². The molecule has 136 valence electrons. The lowest BCUT2D eigenvalue weighted by Gasteiger charge is -2.23. The summed E-state index contributed by atoms with van der Waals surface area (Å²) in [5, 5.41) is 10.1. The molecule has 2 aromatic rings. The van der Waals surface area contributed by atoms with E-state index in [0.717, 1.165) is 5.56 Å². The Morgan fingerprint density at radius 3 is 2.38 bits per heavy atom. The van der Waals surface area contributed by atoms with Crippen molar-refractivity contribution in [2.45, 2.75) is 19.1 Å². The average Bonchev–Trinajstić information content (AvgIpc) is 2.67. The number of amides is 1. The number of nitrogens with zero attached hydrogens (tertiary/aromatic N) is 1. The summed E-state index contributed by atoms with van der Waals surface area (Å²) in [5.41, 5.74) is 1.01. The SMILES string of the molecule is COc1ccccc1C(=O)C[C@H](C(=O)O)N(C=O)OCc1ccccc1. The fraction of sp³-hybridized carbons (Fsp3) is 0.211. The number of ether oxygens (including phenoxy) is 1. The number of carbonyl (C=O) groups excluding carboxylic acids is 2. The quantitative estimate of drug-likeness (QED) is 0.398. The highest BCUT2D eigenvalue weighted by atomic mass is 16.7. The third-order valence-corrected chi connectivity index (χ3v) is 3.71. The molecule has 2 rings (SSSR count). The molecule has 0 saturated heterocycles. The molecule has 0 fully saturated rings. The average molecular weight is 357 g/mol. The van der Waals surface area contributed by atoms with Gasteiger partial charge in [0.05, 0.1) is 12.7 Å². The topological polar surface area (TPSA) is 93.1 Å². The number of carboxylic acid groups (broad SMARTS) is 1. The van der Waals surface area contributed by atoms with Crippen molar-refractivity contribution >= 4 is 18.2 Å². The van der Waals surface area contributed by atoms with E-state index in [1.807, 2.05) is 6.07 Å². The number of rotatable bonds is 10. The number of ketones is 1. The van der Waals surface area contributed by atoms with Gasteiger partial charge in [-0.3, -0.25) is 14.4 Å². The highest BCUT2D eigenvalue weighted by molar-refractivity contribution is 6.01. The number of benzene rings is 2. The van der Waals surface area contributed by atoms with Gasteiger partial charge in [0.15, 0.2) is 11.8 Å². The van der Waals surface area contributed by atoms with Crippen LogP contribution in [0.1, 0.15) is 22.3 Å². The molecule has 0 aliphatic rings. The molecule has 7 nitrogen and oxygen atoms in total. The van der Waals surface area contributed by atoms with E-state index in [4.69, 9.17) is 9.57 Å². The second-order valence-electron chi connectivity index (χ2n) is 5.41. The molecule has 26 heavy (non-hydrogen) atoms. The molecule has 0 saturated carbocycles. The number of carbonyl (C=O) groups is 3. The lowest BCUT2D eigenvalue weighted by molar-refractivity contribution is -0.200. The number of hydroxylamine groups is 2. The number of aliphatic carboxylic acids is 1. The van der Waals surface area contributed by atoms with Gasteiger partial charge in [-0.2, -0.15) is 0 Å². The molecule has 7 heteroatoms. The number of hydrogen-bond acceptors (Lipinski definition) is 5. The molecule has 0 aliphatic heterocycles. The third kappa shape index (κ3) is 4.90. The number of hydrogen-bond donors (Lipinski definition) is 1. The van der Waals surface area contributed by atoms with Crippen LogP contribution in [0.5, 0.6) is 5.75 Å². The monoisotopic (exact) mass is 357 g/mol. The van der Waals surface area contributed by atoms with E-state index in [2.05, 4.69) is 0 Å². The lowest BCUT2D eigenvalue weighted by Crippen LogP contribution is -2.41. The summed E-state index contributed by atoms with van der Waals surface area (Å²) in [4.78, 5) is 40.7. The highest BCUT2D eigenvalue weighted by Crippen LogP contribution is 2.21. The van der Waals surface area contributed by atoms with E-state index in [-0.39, 0.29) is 18.6 Å². The van der Waals surface area contributed by atoms with Gasteiger partial charge in [0.25, 0.3) is 0 Å². The number of Topliss-reactive ketones (excluding diaryl/α,β-unsaturated/α-hetero) is 1. The minimum Gasteiger partial charge on any atom is -0.496 e. The summed E-state index contributed by atoms with van der Waals surface area (Å²) in [6, 6.07) is 14.0. The summed E-state index contributed by atoms with van der Waals surface area (Å²) >= 11 is 0. The fourth-order valence-corrected chi connectivity index (χ4v) is 2.36. The molecular formula is C19H19NO6. The number of para-hydroxylation sites is 1. The first-order valence-electron chi connectivity index (χ1n) is 7.86. The molecule has 0 spiro atoms. The molecule has 0 radical (unpaired) electrons. The van der Waals surface area contributed by atoms with Gasteiger partial charge in [-0.1, -0.05) is 42.5 Å². The minimum absolute atomic E-state index is 0.00616. The van der Waals surface area contributed by atoms with Crippen LogP contribution in [0.2, 0.25) is 0 Å². The van der Waals surface area contributed by atoms with Crippen LogP contribution < -0.4 is 4.74 Å². The van der Waals surface area contributed by atoms with Gasteiger partial charge in [0.1, 0.15) is 12.4 Å². The molecule has 0 aromatic heterocycles. The molecule has 1 atom stereocenters. The Hall–Kier alpha value is -3.19. The van der Waals surface area contributed by atoms with Gasteiger partial charge in [-0.05, 0) is 17.7 Å². The highest BCUT2D eigenvalue weighted by Gasteiger charge is 2.30. The van der Waals surface area contributed by atoms with Crippen LogP contribution in [-0.2, 0) is 21.0 Å². The van der Waals surface area contributed by atoms with E-state index in [0.29, 0.717) is 10.8 Å². The van der Waals surface area contributed by atoms with Gasteiger partial charge in [0, 0.05) is 6.42 Å². The van der Waals surface area contributed by atoms with Crippen LogP contribution >= 0.6 is 0 Å². The van der Waals surface area contributed by atoms with Crippen LogP contribution in [0.3, 0.4) is 0 Å². The molecule has 0 unspecified atom stereocenters. The van der Waals surface area contributed by atoms with Gasteiger partial charge >= 0.3 is 5.97 Å². The van der Waals surface area contributed by atoms with Gasteiger partial charge < -0.3 is 9.84 Å². The van der Waals surface area contributed by atoms with Crippen molar-refractivity contribution in [1.29, 1.82) is 0 Å². The summed E-state index contributed by atoms with van der Waals surface area (Å²) in [6.45, 7) is 0.00616. The van der Waals surface area contributed by atoms with Crippen molar-refractivity contribution in [2.24, 2.45) is 0 Å². The van der Waals surface area contributed by atoms with Crippen LogP contribution in [0.15, 0.2) is 54.6 Å². The van der Waals surface area contributed by atoms with Gasteiger partial charge in [0.2, 0.25) is 6.41 Å². The van der Waals surface area contributed by atoms with Crippen LogP contribution in [0.25, 0.3) is 0 Å². The Bertz CT molecular complexity index is 762. The Morgan fingerprint density at radius 1 is 1.12 bits per heavy atom. The fourth-order valence-electron chi connectivity index (χ4n) is 2.36. The maximum absolute atomic E-state index is 12.5. The molecule has 1 N–H and O–H groups in total. The Balaban J connectivity index is 2.11. The van der Waals surface area contributed by atoms with Crippen LogP contribution in [-0.4, -0.2) is 41.5 Å². The molecular weight excluding hydrogens is 338 g/mol. The second-order valence-corrected chi connectivity index (χ2v) is 5.41. The van der Waals surface area contributed by atoms with Gasteiger partial charge in [-0.15, -0.1) is 0 Å². The standard InChI is InChI=1S/C19H19NO6/c1-25-18-10-6-5-9-15(18)17(22)11-16(19(23)24)20(13-21)26-12-14-7-3-2-4-8-14/h2-10,13,16H,11-12H2,1H3,(H,23,24)/t16-/m1/s1. The molecule has 0 bridgehead atoms. The maximum atomic E-state index is 12.5. The van der Waals surface area contributed by atoms with Gasteiger partial charge in [-0.25, -0.2) is 9.86 Å². The van der Waals surface area contributed by atoms with E-state index in [1.165, 1.54) is 13.2 Å². The second kappa shape index (κ2) is 9.33. The van der Waals surface area contributed by atoms with Crippen molar-refractivity contribution in [2.75, 3.05) is 7.11 Å². The Labute approximate surface area is 150 Å². The first kappa shape index (κ1) is 19.1. The zero-order valence-corrected chi connectivity index (χ0v) is 14.2. The van der Waals surface area contributed by atoms with Crippen molar-refractivity contribution in [1.82, 2.24) is 5.06 Å².